The Labute approximate surface area is 232 Å². The molecule has 1 fully saturated rings. The Morgan fingerprint density at radius 1 is 0.641 bits per heavy atom. The standard InChI is InChI=1S/C35H37N3O/c39-35-34-27-32(19-18-30(34)20-22-38(35)31-15-8-3-9-16-31)37-25-23-36(24-26-37)21-10-17-33(28-11-4-1-5-12-28)29-13-6-2-7-14-29/h1-9,11-16,18-19,27,33H,10,17,20-26H2. The van der Waals surface area contributed by atoms with Crippen molar-refractivity contribution in [3.63, 3.8) is 0 Å². The maximum Gasteiger partial charge on any atom is 0.258 e. The summed E-state index contributed by atoms with van der Waals surface area (Å²) in [4.78, 5) is 20.3. The van der Waals surface area contributed by atoms with Crippen molar-refractivity contribution in [3.8, 4) is 0 Å². The zero-order valence-electron chi connectivity index (χ0n) is 22.6. The molecule has 0 spiro atoms. The number of fused-ring (bicyclic) bond motifs is 1. The van der Waals surface area contributed by atoms with E-state index in [2.05, 4.69) is 88.7 Å². The number of benzene rings is 4. The largest absolute Gasteiger partial charge is 0.369 e. The molecule has 4 heteroatoms. The molecule has 0 radical (unpaired) electrons. The lowest BCUT2D eigenvalue weighted by Crippen LogP contribution is -2.46. The van der Waals surface area contributed by atoms with Crippen LogP contribution in [0.25, 0.3) is 0 Å². The fourth-order valence-electron chi connectivity index (χ4n) is 6.16. The van der Waals surface area contributed by atoms with Crippen LogP contribution in [0.3, 0.4) is 0 Å². The molecule has 4 aromatic carbocycles. The molecule has 39 heavy (non-hydrogen) atoms. The fraction of sp³-hybridized carbons (Fsp3) is 0.286. The van der Waals surface area contributed by atoms with E-state index >= 15 is 0 Å². The first kappa shape index (κ1) is 25.4. The minimum Gasteiger partial charge on any atom is -0.369 e. The molecule has 0 bridgehead atoms. The van der Waals surface area contributed by atoms with Crippen LogP contribution in [0.2, 0.25) is 0 Å². The number of nitrogens with zero attached hydrogens (tertiary/aromatic N) is 3. The van der Waals surface area contributed by atoms with Crippen molar-refractivity contribution >= 4 is 17.3 Å². The summed E-state index contributed by atoms with van der Waals surface area (Å²) < 4.78 is 0. The highest BCUT2D eigenvalue weighted by Crippen LogP contribution is 2.30. The summed E-state index contributed by atoms with van der Waals surface area (Å²) in [6.07, 6.45) is 3.23. The second-order valence-corrected chi connectivity index (χ2v) is 10.7. The van der Waals surface area contributed by atoms with Crippen LogP contribution in [0.4, 0.5) is 11.4 Å². The van der Waals surface area contributed by atoms with Crippen LogP contribution in [-0.4, -0.2) is 50.1 Å². The molecule has 0 saturated carbocycles. The van der Waals surface area contributed by atoms with Gasteiger partial charge >= 0.3 is 0 Å². The van der Waals surface area contributed by atoms with Crippen LogP contribution < -0.4 is 9.80 Å². The van der Waals surface area contributed by atoms with Gasteiger partial charge in [0.2, 0.25) is 0 Å². The minimum atomic E-state index is 0.120. The van der Waals surface area contributed by atoms with E-state index in [4.69, 9.17) is 0 Å². The number of piperazine rings is 1. The lowest BCUT2D eigenvalue weighted by molar-refractivity contribution is 0.0980. The van der Waals surface area contributed by atoms with Crippen LogP contribution in [0, 0.1) is 0 Å². The van der Waals surface area contributed by atoms with Gasteiger partial charge < -0.3 is 9.80 Å². The van der Waals surface area contributed by atoms with Gasteiger partial charge in [-0.05, 0) is 66.8 Å². The van der Waals surface area contributed by atoms with Gasteiger partial charge in [0.05, 0.1) is 0 Å². The SMILES string of the molecule is O=C1c2cc(N3CCN(CCCC(c4ccccc4)c4ccccc4)CC3)ccc2CCN1c1ccccc1. The Hall–Kier alpha value is -3.89. The van der Waals surface area contributed by atoms with Gasteiger partial charge in [-0.2, -0.15) is 0 Å². The van der Waals surface area contributed by atoms with Gasteiger partial charge in [0, 0.05) is 55.6 Å². The van der Waals surface area contributed by atoms with E-state index in [1.807, 2.05) is 35.2 Å². The van der Waals surface area contributed by atoms with Crippen molar-refractivity contribution < 1.29 is 4.79 Å². The van der Waals surface area contributed by atoms with Gasteiger partial charge in [0.15, 0.2) is 0 Å². The van der Waals surface area contributed by atoms with Crippen LogP contribution in [0.1, 0.15) is 45.8 Å². The summed E-state index contributed by atoms with van der Waals surface area (Å²) in [5.41, 5.74) is 6.99. The normalized spacial score (nSPS) is 16.0. The molecule has 198 valence electrons. The number of hydrogen-bond donors (Lipinski definition) is 0. The number of para-hydroxylation sites is 1. The molecule has 0 unspecified atom stereocenters. The minimum absolute atomic E-state index is 0.120. The maximum atomic E-state index is 13.4. The van der Waals surface area contributed by atoms with Crippen molar-refractivity contribution in [2.75, 3.05) is 49.1 Å². The van der Waals surface area contributed by atoms with Gasteiger partial charge in [-0.1, -0.05) is 84.9 Å². The van der Waals surface area contributed by atoms with Crippen LogP contribution in [0.5, 0.6) is 0 Å². The van der Waals surface area contributed by atoms with E-state index in [1.165, 1.54) is 28.8 Å². The second-order valence-electron chi connectivity index (χ2n) is 10.7. The Kier molecular flexibility index (Phi) is 7.73. The molecule has 0 aliphatic carbocycles. The van der Waals surface area contributed by atoms with E-state index in [-0.39, 0.29) is 5.91 Å². The summed E-state index contributed by atoms with van der Waals surface area (Å²) in [5.74, 6) is 0.562. The number of rotatable bonds is 8. The highest BCUT2D eigenvalue weighted by Gasteiger charge is 2.27. The van der Waals surface area contributed by atoms with Crippen molar-refractivity contribution in [2.24, 2.45) is 0 Å². The van der Waals surface area contributed by atoms with E-state index in [9.17, 15) is 4.79 Å². The fourth-order valence-corrected chi connectivity index (χ4v) is 6.16. The quantitative estimate of drug-likeness (QED) is 0.264. The number of amides is 1. The predicted octanol–water partition coefficient (Wildman–Crippen LogP) is 6.62. The van der Waals surface area contributed by atoms with E-state index in [0.717, 1.165) is 63.4 Å². The number of anilines is 2. The summed E-state index contributed by atoms with van der Waals surface area (Å²) >= 11 is 0. The highest BCUT2D eigenvalue weighted by molar-refractivity contribution is 6.08. The van der Waals surface area contributed by atoms with Gasteiger partial charge in [-0.25, -0.2) is 0 Å². The van der Waals surface area contributed by atoms with Crippen molar-refractivity contribution in [1.82, 2.24) is 4.90 Å². The molecule has 1 saturated heterocycles. The topological polar surface area (TPSA) is 26.8 Å². The van der Waals surface area contributed by atoms with E-state index in [0.29, 0.717) is 5.92 Å². The first-order valence-corrected chi connectivity index (χ1v) is 14.3. The highest BCUT2D eigenvalue weighted by atomic mass is 16.2. The molecule has 2 heterocycles. The monoisotopic (exact) mass is 515 g/mol. The van der Waals surface area contributed by atoms with Crippen molar-refractivity contribution in [3.05, 3.63) is 131 Å². The Balaban J connectivity index is 1.05. The second kappa shape index (κ2) is 11.9. The zero-order chi connectivity index (χ0) is 26.4. The van der Waals surface area contributed by atoms with Crippen LogP contribution in [-0.2, 0) is 6.42 Å². The summed E-state index contributed by atoms with van der Waals surface area (Å²) in [6, 6.07) is 38.4. The van der Waals surface area contributed by atoms with Crippen molar-refractivity contribution in [2.45, 2.75) is 25.2 Å². The van der Waals surface area contributed by atoms with Gasteiger partial charge in [0.25, 0.3) is 5.91 Å². The smallest absolute Gasteiger partial charge is 0.258 e. The van der Waals surface area contributed by atoms with Crippen LogP contribution in [0.15, 0.2) is 109 Å². The van der Waals surface area contributed by atoms with Gasteiger partial charge in [0.1, 0.15) is 0 Å². The summed E-state index contributed by atoms with van der Waals surface area (Å²) in [7, 11) is 0. The van der Waals surface area contributed by atoms with Gasteiger partial charge in [-0.3, -0.25) is 9.69 Å². The summed E-state index contributed by atoms with van der Waals surface area (Å²) in [6.45, 7) is 5.97. The predicted molar refractivity (Wildman–Crippen MR) is 161 cm³/mol. The molecule has 4 aromatic rings. The molecule has 4 nitrogen and oxygen atoms in total. The molecular weight excluding hydrogens is 478 g/mol. The molecule has 6 rings (SSSR count). The lowest BCUT2D eigenvalue weighted by atomic mass is 9.87. The molecule has 1 amide bonds. The molecule has 0 aromatic heterocycles. The molecular formula is C35H37N3O. The Morgan fingerprint density at radius 3 is 1.90 bits per heavy atom. The molecule has 0 N–H and O–H groups in total. The average Bonchev–Trinajstić information content (AvgIpc) is 3.01. The first-order chi connectivity index (χ1) is 19.3. The third-order valence-electron chi connectivity index (χ3n) is 8.35. The van der Waals surface area contributed by atoms with E-state index < -0.39 is 0 Å². The summed E-state index contributed by atoms with van der Waals surface area (Å²) in [5, 5.41) is 0. The lowest BCUT2D eigenvalue weighted by Gasteiger charge is -2.37. The Morgan fingerprint density at radius 2 is 1.26 bits per heavy atom. The zero-order valence-corrected chi connectivity index (χ0v) is 22.6. The average molecular weight is 516 g/mol. The number of carbonyl (C=O) groups excluding carboxylic acids is 1. The third kappa shape index (κ3) is 5.76. The van der Waals surface area contributed by atoms with Gasteiger partial charge in [-0.15, -0.1) is 0 Å². The molecule has 2 aliphatic rings. The first-order valence-electron chi connectivity index (χ1n) is 14.3. The maximum absolute atomic E-state index is 13.4. The molecule has 0 atom stereocenters. The van der Waals surface area contributed by atoms with Crippen LogP contribution >= 0.6 is 0 Å². The van der Waals surface area contributed by atoms with E-state index in [1.54, 1.807) is 0 Å². The number of carbonyl (C=O) groups is 1. The third-order valence-corrected chi connectivity index (χ3v) is 8.35. The Bertz CT molecular complexity index is 1330. The number of hydrogen-bond acceptors (Lipinski definition) is 3. The molecule has 2 aliphatic heterocycles. The van der Waals surface area contributed by atoms with Crippen molar-refractivity contribution in [1.29, 1.82) is 0 Å².